The van der Waals surface area contributed by atoms with Crippen LogP contribution in [0.25, 0.3) is 0 Å². The Kier molecular flexibility index (Phi) is 4.32. The number of aryl methyl sites for hydroxylation is 1. The molecule has 0 fully saturated rings. The first-order chi connectivity index (χ1) is 7.33. The van der Waals surface area contributed by atoms with E-state index in [-0.39, 0.29) is 11.4 Å². The van der Waals surface area contributed by atoms with E-state index >= 15 is 0 Å². The molecular formula is C10H14ClNO3S. The van der Waals surface area contributed by atoms with Crippen molar-refractivity contribution < 1.29 is 13.5 Å². The van der Waals surface area contributed by atoms with Crippen LogP contribution in [0.3, 0.4) is 0 Å². The van der Waals surface area contributed by atoms with E-state index in [1.165, 1.54) is 19.1 Å². The molecule has 0 heterocycles. The van der Waals surface area contributed by atoms with Gasteiger partial charge >= 0.3 is 0 Å². The van der Waals surface area contributed by atoms with Crippen LogP contribution in [0.4, 0.5) is 0 Å². The second-order valence-electron chi connectivity index (χ2n) is 3.61. The fraction of sp³-hybridized carbons (Fsp3) is 0.400. The molecule has 0 spiro atoms. The molecule has 0 aliphatic carbocycles. The molecule has 0 amide bonds. The Labute approximate surface area is 100 Å². The van der Waals surface area contributed by atoms with E-state index in [1.54, 1.807) is 13.0 Å². The van der Waals surface area contributed by atoms with Crippen molar-refractivity contribution >= 4 is 21.6 Å². The standard InChI is InChI=1S/C10H14ClNO3S/c1-7-5-9(11)3-4-10(7)16(14,15)12-6-8(2)13/h3-5,8,12-13H,6H2,1-2H3/t8-/m1/s1. The molecule has 1 rings (SSSR count). The van der Waals surface area contributed by atoms with Gasteiger partial charge in [0.25, 0.3) is 0 Å². The summed E-state index contributed by atoms with van der Waals surface area (Å²) in [5.41, 5.74) is 0.575. The minimum Gasteiger partial charge on any atom is -0.392 e. The lowest BCUT2D eigenvalue weighted by molar-refractivity contribution is 0.198. The van der Waals surface area contributed by atoms with Crippen molar-refractivity contribution in [3.8, 4) is 0 Å². The molecule has 0 aliphatic rings. The second kappa shape index (κ2) is 5.14. The molecule has 0 saturated heterocycles. The molecule has 1 atom stereocenters. The van der Waals surface area contributed by atoms with Gasteiger partial charge in [0.1, 0.15) is 0 Å². The molecule has 90 valence electrons. The molecule has 16 heavy (non-hydrogen) atoms. The molecule has 0 aliphatic heterocycles. The van der Waals surface area contributed by atoms with Crippen LogP contribution in [-0.2, 0) is 10.0 Å². The van der Waals surface area contributed by atoms with E-state index in [0.29, 0.717) is 10.6 Å². The lowest BCUT2D eigenvalue weighted by atomic mass is 10.2. The van der Waals surface area contributed by atoms with Crippen LogP contribution < -0.4 is 4.72 Å². The smallest absolute Gasteiger partial charge is 0.240 e. The first-order valence-electron chi connectivity index (χ1n) is 4.77. The minimum atomic E-state index is -3.57. The van der Waals surface area contributed by atoms with Crippen LogP contribution in [0, 0.1) is 6.92 Å². The van der Waals surface area contributed by atoms with Crippen LogP contribution in [0.2, 0.25) is 5.02 Å². The van der Waals surface area contributed by atoms with Crippen LogP contribution in [-0.4, -0.2) is 26.2 Å². The van der Waals surface area contributed by atoms with Crippen molar-refractivity contribution in [3.63, 3.8) is 0 Å². The fourth-order valence-corrected chi connectivity index (χ4v) is 2.80. The monoisotopic (exact) mass is 263 g/mol. The molecule has 6 heteroatoms. The third-order valence-corrected chi connectivity index (χ3v) is 3.81. The minimum absolute atomic E-state index is 0.00952. The highest BCUT2D eigenvalue weighted by Gasteiger charge is 2.16. The highest BCUT2D eigenvalue weighted by molar-refractivity contribution is 7.89. The Bertz CT molecular complexity index is 471. The Hall–Kier alpha value is -0.620. The van der Waals surface area contributed by atoms with Crippen LogP contribution in [0.15, 0.2) is 23.1 Å². The summed E-state index contributed by atoms with van der Waals surface area (Å²) in [5.74, 6) is 0. The van der Waals surface area contributed by atoms with Gasteiger partial charge in [-0.1, -0.05) is 11.6 Å². The first kappa shape index (κ1) is 13.4. The number of hydrogen-bond acceptors (Lipinski definition) is 3. The number of sulfonamides is 1. The summed E-state index contributed by atoms with van der Waals surface area (Å²) in [7, 11) is -3.57. The number of aliphatic hydroxyl groups is 1. The van der Waals surface area contributed by atoms with Crippen molar-refractivity contribution in [2.45, 2.75) is 24.8 Å². The molecule has 0 radical (unpaired) electrons. The first-order valence-corrected chi connectivity index (χ1v) is 6.63. The summed E-state index contributed by atoms with van der Waals surface area (Å²) in [6, 6.07) is 4.55. The van der Waals surface area contributed by atoms with Gasteiger partial charge in [0.15, 0.2) is 0 Å². The fourth-order valence-electron chi connectivity index (χ4n) is 1.22. The molecule has 0 unspecified atom stereocenters. The molecule has 1 aromatic carbocycles. The van der Waals surface area contributed by atoms with E-state index in [2.05, 4.69) is 4.72 Å². The van der Waals surface area contributed by atoms with Gasteiger partial charge in [0, 0.05) is 11.6 Å². The second-order valence-corrected chi connectivity index (χ2v) is 5.78. The Morgan fingerprint density at radius 2 is 2.12 bits per heavy atom. The van der Waals surface area contributed by atoms with E-state index in [4.69, 9.17) is 16.7 Å². The molecule has 0 bridgehead atoms. The third-order valence-electron chi connectivity index (χ3n) is 2.00. The maximum absolute atomic E-state index is 11.8. The zero-order valence-corrected chi connectivity index (χ0v) is 10.6. The number of benzene rings is 1. The van der Waals surface area contributed by atoms with Gasteiger partial charge in [-0.25, -0.2) is 13.1 Å². The summed E-state index contributed by atoms with van der Waals surface area (Å²) in [6.45, 7) is 3.17. The van der Waals surface area contributed by atoms with Crippen LogP contribution >= 0.6 is 11.6 Å². The largest absolute Gasteiger partial charge is 0.392 e. The third kappa shape index (κ3) is 3.45. The summed E-state index contributed by atoms with van der Waals surface area (Å²) in [6.07, 6.45) is -0.720. The Morgan fingerprint density at radius 3 is 2.62 bits per heavy atom. The Morgan fingerprint density at radius 1 is 1.50 bits per heavy atom. The maximum Gasteiger partial charge on any atom is 0.240 e. The van der Waals surface area contributed by atoms with Gasteiger partial charge in [-0.2, -0.15) is 0 Å². The van der Waals surface area contributed by atoms with Crippen molar-refractivity contribution in [1.29, 1.82) is 0 Å². The number of rotatable bonds is 4. The number of aliphatic hydroxyl groups excluding tert-OH is 1. The summed E-state index contributed by atoms with van der Waals surface area (Å²) >= 11 is 5.74. The molecule has 0 aromatic heterocycles. The van der Waals surface area contributed by atoms with Gasteiger partial charge in [0.2, 0.25) is 10.0 Å². The molecule has 4 nitrogen and oxygen atoms in total. The predicted octanol–water partition coefficient (Wildman–Crippen LogP) is 1.31. The number of nitrogens with one attached hydrogen (secondary N) is 1. The van der Waals surface area contributed by atoms with E-state index in [9.17, 15) is 8.42 Å². The highest BCUT2D eigenvalue weighted by atomic mass is 35.5. The number of halogens is 1. The van der Waals surface area contributed by atoms with Crippen molar-refractivity contribution in [2.24, 2.45) is 0 Å². The van der Waals surface area contributed by atoms with Crippen molar-refractivity contribution in [1.82, 2.24) is 4.72 Å². The predicted molar refractivity (Wildman–Crippen MR) is 63.1 cm³/mol. The zero-order chi connectivity index (χ0) is 12.3. The van der Waals surface area contributed by atoms with Crippen LogP contribution in [0.1, 0.15) is 12.5 Å². The summed E-state index contributed by atoms with van der Waals surface area (Å²) in [4.78, 5) is 0.178. The van der Waals surface area contributed by atoms with E-state index < -0.39 is 16.1 Å². The zero-order valence-electron chi connectivity index (χ0n) is 9.07. The number of hydrogen-bond donors (Lipinski definition) is 2. The van der Waals surface area contributed by atoms with Crippen molar-refractivity contribution in [2.75, 3.05) is 6.54 Å². The average Bonchev–Trinajstić information content (AvgIpc) is 2.14. The molecule has 1 aromatic rings. The lowest BCUT2D eigenvalue weighted by Gasteiger charge is -2.10. The van der Waals surface area contributed by atoms with Gasteiger partial charge in [-0.05, 0) is 37.6 Å². The maximum atomic E-state index is 11.8. The van der Waals surface area contributed by atoms with Crippen LogP contribution in [0.5, 0.6) is 0 Å². The van der Waals surface area contributed by atoms with E-state index in [1.807, 2.05) is 0 Å². The average molecular weight is 264 g/mol. The molecule has 0 saturated carbocycles. The van der Waals surface area contributed by atoms with Gasteiger partial charge in [0.05, 0.1) is 11.0 Å². The van der Waals surface area contributed by atoms with E-state index in [0.717, 1.165) is 0 Å². The van der Waals surface area contributed by atoms with Gasteiger partial charge in [-0.15, -0.1) is 0 Å². The molecular weight excluding hydrogens is 250 g/mol. The SMILES string of the molecule is Cc1cc(Cl)ccc1S(=O)(=O)NC[C@@H](C)O. The van der Waals surface area contributed by atoms with Gasteiger partial charge in [-0.3, -0.25) is 0 Å². The quantitative estimate of drug-likeness (QED) is 0.861. The molecule has 2 N–H and O–H groups in total. The normalized spacial score (nSPS) is 13.8. The highest BCUT2D eigenvalue weighted by Crippen LogP contribution is 2.19. The lowest BCUT2D eigenvalue weighted by Crippen LogP contribution is -2.31. The summed E-state index contributed by atoms with van der Waals surface area (Å²) in [5, 5.41) is 9.52. The van der Waals surface area contributed by atoms with Crippen molar-refractivity contribution in [3.05, 3.63) is 28.8 Å². The topological polar surface area (TPSA) is 66.4 Å². The summed E-state index contributed by atoms with van der Waals surface area (Å²) < 4.78 is 25.9. The van der Waals surface area contributed by atoms with Gasteiger partial charge < -0.3 is 5.11 Å². The Balaban J connectivity index is 2.99.